The molecule has 0 bridgehead atoms. The molecule has 1 heterocycles. The molecule has 0 N–H and O–H groups in total. The number of nitrogens with zero attached hydrogens (tertiary/aromatic N) is 1. The second kappa shape index (κ2) is 14.3. The van der Waals surface area contributed by atoms with Gasteiger partial charge in [0, 0.05) is 6.42 Å². The van der Waals surface area contributed by atoms with Crippen molar-refractivity contribution in [3.63, 3.8) is 0 Å². The first-order valence-corrected chi connectivity index (χ1v) is 9.19. The molecule has 0 fully saturated rings. The summed E-state index contributed by atoms with van der Waals surface area (Å²) in [6, 6.07) is 0. The molecule has 138 valence electrons. The van der Waals surface area contributed by atoms with Gasteiger partial charge in [-0.1, -0.05) is 67.5 Å². The maximum atomic E-state index is 11.1. The van der Waals surface area contributed by atoms with E-state index >= 15 is 0 Å². The van der Waals surface area contributed by atoms with E-state index in [1.54, 1.807) is 0 Å². The number of hydrogen-bond donors (Lipinski definition) is 0. The fraction of sp³-hybridized carbons (Fsp3) is 0.524. The van der Waals surface area contributed by atoms with Crippen LogP contribution in [0.15, 0.2) is 53.8 Å². The maximum absolute atomic E-state index is 11.1. The van der Waals surface area contributed by atoms with Crippen LogP contribution in [0, 0.1) is 0 Å². The van der Waals surface area contributed by atoms with Crippen LogP contribution in [0.4, 0.5) is 0 Å². The Morgan fingerprint density at radius 3 is 2.84 bits per heavy atom. The number of oxime groups is 1. The van der Waals surface area contributed by atoms with Crippen LogP contribution in [0.3, 0.4) is 0 Å². The molecule has 0 saturated heterocycles. The fourth-order valence-electron chi connectivity index (χ4n) is 2.33. The van der Waals surface area contributed by atoms with Crippen LogP contribution in [-0.4, -0.2) is 24.9 Å². The lowest BCUT2D eigenvalue weighted by Crippen LogP contribution is -2.07. The van der Waals surface area contributed by atoms with Crippen LogP contribution in [-0.2, 0) is 14.4 Å². The van der Waals surface area contributed by atoms with Crippen molar-refractivity contribution >= 4 is 11.7 Å². The van der Waals surface area contributed by atoms with Crippen LogP contribution in [0.5, 0.6) is 0 Å². The normalized spacial score (nSPS) is 17.8. The molecule has 0 aliphatic carbocycles. The van der Waals surface area contributed by atoms with E-state index in [9.17, 15) is 4.79 Å². The molecule has 1 rings (SSSR count). The molecule has 0 aromatic rings. The highest BCUT2D eigenvalue weighted by atomic mass is 16.6. The molecular weight excluding hydrogens is 314 g/mol. The third kappa shape index (κ3) is 11.1. The number of unbranched alkanes of at least 4 members (excludes halogenated alkanes) is 3. The van der Waals surface area contributed by atoms with Crippen LogP contribution in [0.25, 0.3) is 0 Å². The van der Waals surface area contributed by atoms with Gasteiger partial charge in [-0.05, 0) is 31.8 Å². The van der Waals surface area contributed by atoms with E-state index in [1.165, 1.54) is 32.8 Å². The van der Waals surface area contributed by atoms with Gasteiger partial charge in [0.25, 0.3) is 0 Å². The highest BCUT2D eigenvalue weighted by Gasteiger charge is 2.18. The van der Waals surface area contributed by atoms with Gasteiger partial charge in [0.15, 0.2) is 6.10 Å². The fourth-order valence-corrected chi connectivity index (χ4v) is 2.33. The van der Waals surface area contributed by atoms with E-state index in [1.807, 2.05) is 24.3 Å². The van der Waals surface area contributed by atoms with Gasteiger partial charge in [-0.2, -0.15) is 0 Å². The summed E-state index contributed by atoms with van der Waals surface area (Å²) >= 11 is 0. The van der Waals surface area contributed by atoms with Gasteiger partial charge in [0.1, 0.15) is 0 Å². The lowest BCUT2D eigenvalue weighted by molar-refractivity contribution is -0.140. The summed E-state index contributed by atoms with van der Waals surface area (Å²) in [5.41, 5.74) is 0.912. The van der Waals surface area contributed by atoms with E-state index in [2.05, 4.69) is 41.1 Å². The third-order valence-electron chi connectivity index (χ3n) is 3.81. The Labute approximate surface area is 152 Å². The molecule has 4 heteroatoms. The zero-order chi connectivity index (χ0) is 18.2. The van der Waals surface area contributed by atoms with Crippen molar-refractivity contribution in [2.45, 2.75) is 64.4 Å². The van der Waals surface area contributed by atoms with Gasteiger partial charge in [-0.15, -0.1) is 0 Å². The number of carbonyl (C=O) groups excluding carboxylic acids is 1. The molecule has 1 atom stereocenters. The Balaban J connectivity index is 2.10. The molecule has 25 heavy (non-hydrogen) atoms. The Hall–Kier alpha value is -2.10. The number of ether oxygens (including phenoxy) is 1. The molecule has 1 aliphatic heterocycles. The number of hydrogen-bond acceptors (Lipinski definition) is 4. The first-order valence-electron chi connectivity index (χ1n) is 9.19. The van der Waals surface area contributed by atoms with Crippen LogP contribution in [0.2, 0.25) is 0 Å². The number of methoxy groups -OCH3 is 1. The van der Waals surface area contributed by atoms with Crippen molar-refractivity contribution in [2.75, 3.05) is 7.11 Å². The first kappa shape index (κ1) is 20.9. The summed E-state index contributed by atoms with van der Waals surface area (Å²) in [6.07, 6.45) is 24.3. The lowest BCUT2D eigenvalue weighted by atomic mass is 10.1. The van der Waals surface area contributed by atoms with E-state index in [0.717, 1.165) is 18.6 Å². The molecular formula is C21H31NO3. The van der Waals surface area contributed by atoms with Crippen molar-refractivity contribution in [3.05, 3.63) is 48.6 Å². The number of carbonyl (C=O) groups is 1. The molecule has 0 aromatic carbocycles. The highest BCUT2D eigenvalue weighted by molar-refractivity contribution is 5.88. The maximum Gasteiger partial charge on any atom is 0.305 e. The minimum Gasteiger partial charge on any atom is -0.469 e. The van der Waals surface area contributed by atoms with Crippen LogP contribution < -0.4 is 0 Å². The Morgan fingerprint density at radius 1 is 1.20 bits per heavy atom. The molecule has 0 aromatic heterocycles. The van der Waals surface area contributed by atoms with Gasteiger partial charge < -0.3 is 9.57 Å². The number of rotatable bonds is 12. The van der Waals surface area contributed by atoms with E-state index in [0.29, 0.717) is 12.8 Å². The summed E-state index contributed by atoms with van der Waals surface area (Å²) < 4.78 is 4.62. The Bertz CT molecular complexity index is 515. The van der Waals surface area contributed by atoms with E-state index in [4.69, 9.17) is 4.84 Å². The summed E-state index contributed by atoms with van der Waals surface area (Å²) in [5, 5.41) is 4.01. The molecule has 1 unspecified atom stereocenters. The first-order chi connectivity index (χ1) is 12.3. The number of allylic oxidation sites excluding steroid dienone is 7. The predicted octanol–water partition coefficient (Wildman–Crippen LogP) is 5.28. The van der Waals surface area contributed by atoms with Crippen molar-refractivity contribution in [1.29, 1.82) is 0 Å². The van der Waals surface area contributed by atoms with Crippen LogP contribution >= 0.6 is 0 Å². The molecule has 4 nitrogen and oxygen atoms in total. The second-order valence-electron chi connectivity index (χ2n) is 5.98. The molecule has 0 spiro atoms. The monoisotopic (exact) mass is 345 g/mol. The third-order valence-corrected chi connectivity index (χ3v) is 3.81. The number of esters is 1. The van der Waals surface area contributed by atoms with Crippen molar-refractivity contribution in [2.24, 2.45) is 5.16 Å². The molecule has 0 saturated carbocycles. The average molecular weight is 345 g/mol. The van der Waals surface area contributed by atoms with Gasteiger partial charge in [0.2, 0.25) is 0 Å². The second-order valence-corrected chi connectivity index (χ2v) is 5.98. The smallest absolute Gasteiger partial charge is 0.305 e. The molecule has 0 amide bonds. The average Bonchev–Trinajstić information content (AvgIpc) is 3.08. The summed E-state index contributed by atoms with van der Waals surface area (Å²) in [7, 11) is 1.39. The van der Waals surface area contributed by atoms with Crippen molar-refractivity contribution in [1.82, 2.24) is 0 Å². The zero-order valence-electron chi connectivity index (χ0n) is 15.5. The van der Waals surface area contributed by atoms with Crippen LogP contribution in [0.1, 0.15) is 58.3 Å². The zero-order valence-corrected chi connectivity index (χ0v) is 15.5. The van der Waals surface area contributed by atoms with E-state index < -0.39 is 0 Å². The molecule has 0 radical (unpaired) electrons. The van der Waals surface area contributed by atoms with Crippen molar-refractivity contribution in [3.8, 4) is 0 Å². The summed E-state index contributed by atoms with van der Waals surface area (Å²) in [6.45, 7) is 2.23. The Morgan fingerprint density at radius 2 is 2.04 bits per heavy atom. The topological polar surface area (TPSA) is 47.9 Å². The molecule has 1 aliphatic rings. The van der Waals surface area contributed by atoms with Gasteiger partial charge >= 0.3 is 5.97 Å². The van der Waals surface area contributed by atoms with E-state index in [-0.39, 0.29) is 12.1 Å². The largest absolute Gasteiger partial charge is 0.469 e. The Kier molecular flexibility index (Phi) is 11.9. The quantitative estimate of drug-likeness (QED) is 0.209. The predicted molar refractivity (Wildman–Crippen MR) is 103 cm³/mol. The SMILES string of the molecule is CCCCC/C=C\C\C=C/C=C/C=C/C1CC(CCC(=O)OC)=NO1. The lowest BCUT2D eigenvalue weighted by Gasteiger charge is -1.99. The highest BCUT2D eigenvalue weighted by Crippen LogP contribution is 2.15. The summed E-state index contributed by atoms with van der Waals surface area (Å²) in [4.78, 5) is 16.4. The summed E-state index contributed by atoms with van der Waals surface area (Å²) in [5.74, 6) is -0.216. The van der Waals surface area contributed by atoms with Gasteiger partial charge in [0.05, 0.1) is 19.2 Å². The van der Waals surface area contributed by atoms with Gasteiger partial charge in [-0.25, -0.2) is 0 Å². The van der Waals surface area contributed by atoms with Gasteiger partial charge in [-0.3, -0.25) is 4.79 Å². The minimum atomic E-state index is -0.216. The standard InChI is InChI=1S/C21H31NO3/c1-3-4-5-6-7-8-9-10-11-12-13-14-15-20-18-19(22-25-20)16-17-21(23)24-2/h7-8,10-15,20H,3-6,9,16-18H2,1-2H3/b8-7-,11-10-,13-12+,15-14+. The van der Waals surface area contributed by atoms with Crippen molar-refractivity contribution < 1.29 is 14.4 Å². The minimum absolute atomic E-state index is 0.0349.